The number of anilines is 1. The monoisotopic (exact) mass is 528 g/mol. The van der Waals surface area contributed by atoms with Gasteiger partial charge in [-0.05, 0) is 36.4 Å². The van der Waals surface area contributed by atoms with Crippen LogP contribution in [0.1, 0.15) is 10.4 Å². The average molecular weight is 530 g/mol. The van der Waals surface area contributed by atoms with Gasteiger partial charge in [-0.2, -0.15) is 8.78 Å². The molecule has 1 heterocycles. The Labute approximate surface area is 191 Å². The first-order valence-corrected chi connectivity index (χ1v) is 9.95. The number of nitrogens with one attached hydrogen (secondary N) is 1. The standard InChI is InChI=1S/C21H10BrClF4N2O3/c1-31-19-17(26)15(24)14(16(25)18(19)27)20(30)28-9-3-5-13-12(7-9)29-21(32-13)10-6-8(22)2-4-11(10)23/h2-7H,1H3,(H,28,30). The van der Waals surface area contributed by atoms with Crippen molar-refractivity contribution in [1.29, 1.82) is 0 Å². The fourth-order valence-corrected chi connectivity index (χ4v) is 3.52. The van der Waals surface area contributed by atoms with Crippen LogP contribution in [0.2, 0.25) is 5.02 Å². The van der Waals surface area contributed by atoms with Gasteiger partial charge in [-0.25, -0.2) is 13.8 Å². The molecule has 164 valence electrons. The summed E-state index contributed by atoms with van der Waals surface area (Å²) in [7, 11) is 0.836. The van der Waals surface area contributed by atoms with Crippen LogP contribution in [0.3, 0.4) is 0 Å². The second kappa shape index (κ2) is 8.44. The molecule has 0 aliphatic heterocycles. The predicted octanol–water partition coefficient (Wildman–Crippen LogP) is 6.73. The number of carbonyl (C=O) groups is 1. The van der Waals surface area contributed by atoms with Gasteiger partial charge in [0.25, 0.3) is 5.91 Å². The summed E-state index contributed by atoms with van der Waals surface area (Å²) >= 11 is 9.51. The number of methoxy groups -OCH3 is 1. The minimum Gasteiger partial charge on any atom is -0.491 e. The number of rotatable bonds is 4. The average Bonchev–Trinajstić information content (AvgIpc) is 3.18. The fraction of sp³-hybridized carbons (Fsp3) is 0.0476. The van der Waals surface area contributed by atoms with Gasteiger partial charge in [-0.3, -0.25) is 4.79 Å². The number of halogens is 6. The quantitative estimate of drug-likeness (QED) is 0.235. The highest BCUT2D eigenvalue weighted by Crippen LogP contribution is 2.34. The zero-order chi connectivity index (χ0) is 23.2. The van der Waals surface area contributed by atoms with E-state index >= 15 is 0 Å². The second-order valence-electron chi connectivity index (χ2n) is 6.44. The lowest BCUT2D eigenvalue weighted by atomic mass is 10.1. The number of amides is 1. The SMILES string of the molecule is COc1c(F)c(F)c(C(=O)Nc2ccc3oc(-c4cc(Br)ccc4Cl)nc3c2)c(F)c1F. The highest BCUT2D eigenvalue weighted by atomic mass is 79.9. The fourth-order valence-electron chi connectivity index (χ4n) is 2.97. The van der Waals surface area contributed by atoms with Crippen LogP contribution in [-0.2, 0) is 0 Å². The lowest BCUT2D eigenvalue weighted by molar-refractivity contribution is 0.101. The number of hydrogen-bond donors (Lipinski definition) is 1. The summed E-state index contributed by atoms with van der Waals surface area (Å²) in [6, 6.07) is 9.27. The smallest absolute Gasteiger partial charge is 0.261 e. The van der Waals surface area contributed by atoms with Crippen molar-refractivity contribution >= 4 is 50.2 Å². The first-order chi connectivity index (χ1) is 15.2. The molecule has 32 heavy (non-hydrogen) atoms. The first-order valence-electron chi connectivity index (χ1n) is 8.78. The molecule has 11 heteroatoms. The number of benzene rings is 3. The number of nitrogens with zero attached hydrogens (tertiary/aromatic N) is 1. The van der Waals surface area contributed by atoms with Crippen LogP contribution in [0, 0.1) is 23.3 Å². The summed E-state index contributed by atoms with van der Waals surface area (Å²) < 4.78 is 66.9. The van der Waals surface area contributed by atoms with Crippen molar-refractivity contribution in [3.05, 3.63) is 74.7 Å². The maximum Gasteiger partial charge on any atom is 0.261 e. The Kier molecular flexibility index (Phi) is 5.83. The van der Waals surface area contributed by atoms with E-state index in [1.54, 1.807) is 18.2 Å². The summed E-state index contributed by atoms with van der Waals surface area (Å²) in [6.45, 7) is 0. The Bertz CT molecular complexity index is 1360. The summed E-state index contributed by atoms with van der Waals surface area (Å²) in [5.74, 6) is -9.87. The molecule has 0 saturated carbocycles. The Hall–Kier alpha value is -3.11. The van der Waals surface area contributed by atoms with Gasteiger partial charge in [0.1, 0.15) is 11.1 Å². The van der Waals surface area contributed by atoms with E-state index in [0.717, 1.165) is 11.6 Å². The second-order valence-corrected chi connectivity index (χ2v) is 7.77. The van der Waals surface area contributed by atoms with Crippen molar-refractivity contribution in [3.63, 3.8) is 0 Å². The zero-order valence-corrected chi connectivity index (χ0v) is 18.2. The number of oxazole rings is 1. The lowest BCUT2D eigenvalue weighted by Crippen LogP contribution is -2.18. The third kappa shape index (κ3) is 3.80. The highest BCUT2D eigenvalue weighted by molar-refractivity contribution is 9.10. The lowest BCUT2D eigenvalue weighted by Gasteiger charge is -2.11. The molecule has 3 aromatic carbocycles. The predicted molar refractivity (Wildman–Crippen MR) is 113 cm³/mol. The van der Waals surface area contributed by atoms with Crippen LogP contribution < -0.4 is 10.1 Å². The third-order valence-corrected chi connectivity index (χ3v) is 5.28. The Morgan fingerprint density at radius 1 is 1.06 bits per heavy atom. The van der Waals surface area contributed by atoms with Gasteiger partial charge in [0, 0.05) is 10.2 Å². The van der Waals surface area contributed by atoms with Gasteiger partial charge < -0.3 is 14.5 Å². The Morgan fingerprint density at radius 3 is 2.41 bits per heavy atom. The molecule has 1 aromatic heterocycles. The largest absolute Gasteiger partial charge is 0.491 e. The number of ether oxygens (including phenoxy) is 1. The minimum atomic E-state index is -1.88. The molecular formula is C21H10BrClF4N2O3. The van der Waals surface area contributed by atoms with E-state index in [1.165, 1.54) is 18.2 Å². The van der Waals surface area contributed by atoms with Crippen LogP contribution in [0.4, 0.5) is 23.2 Å². The molecule has 0 spiro atoms. The third-order valence-electron chi connectivity index (χ3n) is 4.46. The molecule has 0 saturated heterocycles. The van der Waals surface area contributed by atoms with E-state index in [4.69, 9.17) is 16.0 Å². The van der Waals surface area contributed by atoms with Gasteiger partial charge in [-0.1, -0.05) is 27.5 Å². The molecule has 0 bridgehead atoms. The van der Waals surface area contributed by atoms with E-state index in [1.807, 2.05) is 0 Å². The van der Waals surface area contributed by atoms with Crippen LogP contribution in [-0.4, -0.2) is 18.0 Å². The number of hydrogen-bond acceptors (Lipinski definition) is 4. The van der Waals surface area contributed by atoms with Gasteiger partial charge in [0.2, 0.25) is 17.5 Å². The normalized spacial score (nSPS) is 11.1. The number of carbonyl (C=O) groups excluding carboxylic acids is 1. The molecule has 1 N–H and O–H groups in total. The van der Waals surface area contributed by atoms with Gasteiger partial charge in [0.15, 0.2) is 23.0 Å². The molecule has 0 atom stereocenters. The van der Waals surface area contributed by atoms with Crippen molar-refractivity contribution in [2.24, 2.45) is 0 Å². The number of aromatic nitrogens is 1. The van der Waals surface area contributed by atoms with E-state index < -0.39 is 40.5 Å². The minimum absolute atomic E-state index is 0.0538. The molecular weight excluding hydrogens is 520 g/mol. The first kappa shape index (κ1) is 22.1. The Morgan fingerprint density at radius 2 is 1.75 bits per heavy atom. The van der Waals surface area contributed by atoms with Gasteiger partial charge in [0.05, 0.1) is 17.7 Å². The molecule has 1 amide bonds. The zero-order valence-electron chi connectivity index (χ0n) is 15.9. The topological polar surface area (TPSA) is 64.4 Å². The van der Waals surface area contributed by atoms with Crippen LogP contribution in [0.15, 0.2) is 45.3 Å². The van der Waals surface area contributed by atoms with Crippen LogP contribution in [0.25, 0.3) is 22.6 Å². The van der Waals surface area contributed by atoms with Crippen LogP contribution >= 0.6 is 27.5 Å². The summed E-state index contributed by atoms with van der Waals surface area (Å²) in [4.78, 5) is 16.7. The molecule has 4 aromatic rings. The maximum atomic E-state index is 14.2. The highest BCUT2D eigenvalue weighted by Gasteiger charge is 2.30. The molecule has 0 unspecified atom stereocenters. The summed E-state index contributed by atoms with van der Waals surface area (Å²) in [6.07, 6.45) is 0. The van der Waals surface area contributed by atoms with Crippen molar-refractivity contribution in [1.82, 2.24) is 4.98 Å². The van der Waals surface area contributed by atoms with Crippen molar-refractivity contribution in [2.45, 2.75) is 0 Å². The molecule has 5 nitrogen and oxygen atoms in total. The molecule has 4 rings (SSSR count). The van der Waals surface area contributed by atoms with E-state index in [9.17, 15) is 22.4 Å². The molecule has 0 fully saturated rings. The van der Waals surface area contributed by atoms with Gasteiger partial charge >= 0.3 is 0 Å². The van der Waals surface area contributed by atoms with E-state index in [0.29, 0.717) is 21.7 Å². The Balaban J connectivity index is 1.69. The van der Waals surface area contributed by atoms with Crippen molar-refractivity contribution < 1.29 is 31.5 Å². The molecule has 0 aliphatic carbocycles. The molecule has 0 radical (unpaired) electrons. The van der Waals surface area contributed by atoms with Crippen molar-refractivity contribution in [3.8, 4) is 17.2 Å². The van der Waals surface area contributed by atoms with E-state index in [-0.39, 0.29) is 11.6 Å². The summed E-state index contributed by atoms with van der Waals surface area (Å²) in [5.41, 5.74) is -0.230. The van der Waals surface area contributed by atoms with Gasteiger partial charge in [-0.15, -0.1) is 0 Å². The summed E-state index contributed by atoms with van der Waals surface area (Å²) in [5, 5.41) is 2.58. The van der Waals surface area contributed by atoms with Crippen LogP contribution in [0.5, 0.6) is 5.75 Å². The molecule has 0 aliphatic rings. The maximum absolute atomic E-state index is 14.2. The van der Waals surface area contributed by atoms with E-state index in [2.05, 4.69) is 31.0 Å². The van der Waals surface area contributed by atoms with Crippen molar-refractivity contribution in [2.75, 3.05) is 12.4 Å². The number of fused-ring (bicyclic) bond motifs is 1.